The molecule has 0 N–H and O–H groups in total. The Balaban J connectivity index is 1.20. The van der Waals surface area contributed by atoms with Crippen molar-refractivity contribution in [1.29, 1.82) is 0 Å². The molecule has 1 amide bonds. The number of hydrogen-bond acceptors (Lipinski definition) is 7. The Kier molecular flexibility index (Phi) is 10.0. The van der Waals surface area contributed by atoms with Crippen molar-refractivity contribution in [3.05, 3.63) is 63.6 Å². The van der Waals surface area contributed by atoms with Gasteiger partial charge in [0, 0.05) is 44.8 Å². The number of thioether (sulfide) groups is 1. The van der Waals surface area contributed by atoms with Gasteiger partial charge in [-0.1, -0.05) is 12.1 Å². The standard InChI is InChI=1S/C31H34F6N4O3S/c1-39-9-3-4-21(17-39)18-40-10-12-41(13-11-40)29-38-28(42)27(45-29)15-20-5-8-25(26(14-20)43-2)44-19-22-6-7-23(30(32,33)34)16-24(22)31(35,36)37/h5-8,14-16,21H,3-4,9-13,17-19H2,1-2H3/b27-15-. The van der Waals surface area contributed by atoms with Crippen molar-refractivity contribution >= 4 is 28.9 Å². The number of hydrogen-bond donors (Lipinski definition) is 0. The topological polar surface area (TPSA) is 57.6 Å². The molecule has 0 aromatic heterocycles. The second-order valence-corrected chi connectivity index (χ2v) is 12.4. The summed E-state index contributed by atoms with van der Waals surface area (Å²) in [6.07, 6.45) is -5.78. The number of aliphatic imine (C=N–C) groups is 1. The largest absolute Gasteiger partial charge is 0.493 e. The van der Waals surface area contributed by atoms with Gasteiger partial charge in [-0.25, -0.2) is 0 Å². The van der Waals surface area contributed by atoms with Crippen LogP contribution in [0.1, 0.15) is 35.1 Å². The third kappa shape index (κ3) is 8.33. The highest BCUT2D eigenvalue weighted by molar-refractivity contribution is 8.18. The number of piperidine rings is 1. The monoisotopic (exact) mass is 656 g/mol. The molecule has 14 heteroatoms. The van der Waals surface area contributed by atoms with Crippen LogP contribution in [0.2, 0.25) is 0 Å². The van der Waals surface area contributed by atoms with Crippen LogP contribution in [-0.2, 0) is 23.8 Å². The third-order valence-corrected chi connectivity index (χ3v) is 9.15. The Morgan fingerprint density at radius 2 is 1.73 bits per heavy atom. The van der Waals surface area contributed by atoms with E-state index in [1.54, 1.807) is 18.2 Å². The lowest BCUT2D eigenvalue weighted by atomic mass is 9.97. The molecule has 0 radical (unpaired) electrons. The molecule has 7 nitrogen and oxygen atoms in total. The molecule has 2 aromatic carbocycles. The number of halogens is 6. The number of nitrogens with zero attached hydrogens (tertiary/aromatic N) is 4. The summed E-state index contributed by atoms with van der Waals surface area (Å²) < 4.78 is 90.5. The lowest BCUT2D eigenvalue weighted by molar-refractivity contribution is -0.143. The molecule has 0 spiro atoms. The highest BCUT2D eigenvalue weighted by Crippen LogP contribution is 2.39. The van der Waals surface area contributed by atoms with Crippen molar-refractivity contribution in [3.8, 4) is 11.5 Å². The number of likely N-dealkylation sites (tertiary alicyclic amines) is 1. The van der Waals surface area contributed by atoms with Crippen molar-refractivity contribution in [2.45, 2.75) is 31.8 Å². The summed E-state index contributed by atoms with van der Waals surface area (Å²) in [5, 5.41) is 0.659. The normalized spacial score (nSPS) is 21.4. The smallest absolute Gasteiger partial charge is 0.416 e. The average molecular weight is 657 g/mol. The minimum absolute atomic E-state index is 0.0775. The van der Waals surface area contributed by atoms with Gasteiger partial charge < -0.3 is 19.3 Å². The molecule has 3 heterocycles. The summed E-state index contributed by atoms with van der Waals surface area (Å²) in [4.78, 5) is 24.4. The summed E-state index contributed by atoms with van der Waals surface area (Å²) in [7, 11) is 3.52. The lowest BCUT2D eigenvalue weighted by Gasteiger charge is -2.39. The highest BCUT2D eigenvalue weighted by atomic mass is 32.2. The van der Waals surface area contributed by atoms with E-state index in [4.69, 9.17) is 9.47 Å². The Hall–Kier alpha value is -3.23. The molecule has 5 rings (SSSR count). The average Bonchev–Trinajstić information content (AvgIpc) is 3.35. The van der Waals surface area contributed by atoms with E-state index in [1.165, 1.54) is 37.8 Å². The lowest BCUT2D eigenvalue weighted by Crippen LogP contribution is -2.50. The highest BCUT2D eigenvalue weighted by Gasteiger charge is 2.38. The van der Waals surface area contributed by atoms with Gasteiger partial charge in [-0.15, -0.1) is 0 Å². The van der Waals surface area contributed by atoms with Crippen molar-refractivity contribution in [2.24, 2.45) is 10.9 Å². The summed E-state index contributed by atoms with van der Waals surface area (Å²) in [6.45, 7) is 6.10. The Morgan fingerprint density at radius 1 is 0.978 bits per heavy atom. The van der Waals surface area contributed by atoms with Crippen LogP contribution < -0.4 is 9.47 Å². The zero-order valence-corrected chi connectivity index (χ0v) is 25.7. The second kappa shape index (κ2) is 13.6. The van der Waals surface area contributed by atoms with Crippen LogP contribution in [0.15, 0.2) is 46.3 Å². The molecule has 1 unspecified atom stereocenters. The van der Waals surface area contributed by atoms with Gasteiger partial charge in [0.2, 0.25) is 0 Å². The van der Waals surface area contributed by atoms with E-state index < -0.39 is 35.6 Å². The Labute approximate surface area is 261 Å². The molecule has 3 aliphatic heterocycles. The van der Waals surface area contributed by atoms with E-state index in [9.17, 15) is 31.1 Å². The number of ether oxygens (including phenoxy) is 2. The maximum absolute atomic E-state index is 13.5. The third-order valence-electron chi connectivity index (χ3n) is 8.10. The van der Waals surface area contributed by atoms with Crippen LogP contribution in [0.5, 0.6) is 11.5 Å². The van der Waals surface area contributed by atoms with E-state index in [1.807, 2.05) is 0 Å². The molecule has 3 aliphatic rings. The fourth-order valence-corrected chi connectivity index (χ4v) is 6.75. The van der Waals surface area contributed by atoms with Gasteiger partial charge >= 0.3 is 12.4 Å². The maximum Gasteiger partial charge on any atom is 0.416 e. The van der Waals surface area contributed by atoms with Crippen molar-refractivity contribution in [3.63, 3.8) is 0 Å². The SMILES string of the molecule is COc1cc(/C=C2\SC(N3CCN(CC4CCCN(C)C4)CC3)=NC2=O)ccc1OCc1ccc(C(F)(F)F)cc1C(F)(F)F. The van der Waals surface area contributed by atoms with Crippen LogP contribution in [0.4, 0.5) is 26.3 Å². The number of piperazine rings is 1. The van der Waals surface area contributed by atoms with E-state index in [0.717, 1.165) is 51.9 Å². The first-order chi connectivity index (χ1) is 21.3. The van der Waals surface area contributed by atoms with Crippen LogP contribution in [0.25, 0.3) is 6.08 Å². The molecule has 2 aromatic rings. The number of carbonyl (C=O) groups is 1. The molecular formula is C31H34F6N4O3S. The first-order valence-corrected chi connectivity index (χ1v) is 15.4. The van der Waals surface area contributed by atoms with E-state index >= 15 is 0 Å². The Morgan fingerprint density at radius 3 is 2.40 bits per heavy atom. The van der Waals surface area contributed by atoms with Crippen molar-refractivity contribution < 1.29 is 40.6 Å². The summed E-state index contributed by atoms with van der Waals surface area (Å²) >= 11 is 1.29. The molecule has 0 saturated carbocycles. The number of carbonyl (C=O) groups excluding carboxylic acids is 1. The first kappa shape index (κ1) is 33.1. The molecule has 2 saturated heterocycles. The second-order valence-electron chi connectivity index (χ2n) is 11.4. The predicted molar refractivity (Wildman–Crippen MR) is 160 cm³/mol. The van der Waals surface area contributed by atoms with Crippen LogP contribution >= 0.6 is 11.8 Å². The zero-order chi connectivity index (χ0) is 32.4. The minimum Gasteiger partial charge on any atom is -0.493 e. The molecule has 2 fully saturated rings. The number of methoxy groups -OCH3 is 1. The van der Waals surface area contributed by atoms with E-state index in [-0.39, 0.29) is 23.5 Å². The van der Waals surface area contributed by atoms with Gasteiger partial charge in [0.05, 0.1) is 23.1 Å². The molecule has 0 aliphatic carbocycles. The van der Waals surface area contributed by atoms with Crippen LogP contribution in [-0.4, -0.2) is 85.7 Å². The zero-order valence-electron chi connectivity index (χ0n) is 24.9. The summed E-state index contributed by atoms with van der Waals surface area (Å²) in [5.74, 6) is 0.596. The van der Waals surface area contributed by atoms with Crippen LogP contribution in [0, 0.1) is 5.92 Å². The van der Waals surface area contributed by atoms with Gasteiger partial charge in [-0.05, 0) is 80.0 Å². The fraction of sp³-hybridized carbons (Fsp3) is 0.484. The minimum atomic E-state index is -5.01. The van der Waals surface area contributed by atoms with Gasteiger partial charge in [-0.3, -0.25) is 9.69 Å². The quantitative estimate of drug-likeness (QED) is 0.258. The molecule has 1 atom stereocenters. The molecule has 244 valence electrons. The number of rotatable bonds is 7. The van der Waals surface area contributed by atoms with Crippen molar-refractivity contribution in [1.82, 2.24) is 14.7 Å². The van der Waals surface area contributed by atoms with Gasteiger partial charge in [0.25, 0.3) is 5.91 Å². The predicted octanol–water partition coefficient (Wildman–Crippen LogP) is 6.24. The van der Waals surface area contributed by atoms with E-state index in [0.29, 0.717) is 27.6 Å². The fourth-order valence-electron chi connectivity index (χ4n) is 5.78. The number of amides is 1. The molecule has 0 bridgehead atoms. The maximum atomic E-state index is 13.5. The number of amidine groups is 1. The first-order valence-electron chi connectivity index (χ1n) is 14.6. The molecule has 45 heavy (non-hydrogen) atoms. The molecular weight excluding hydrogens is 622 g/mol. The van der Waals surface area contributed by atoms with Gasteiger partial charge in [-0.2, -0.15) is 31.3 Å². The van der Waals surface area contributed by atoms with Gasteiger partial charge in [0.15, 0.2) is 16.7 Å². The Bertz CT molecular complexity index is 1450. The van der Waals surface area contributed by atoms with Crippen molar-refractivity contribution in [2.75, 3.05) is 60.0 Å². The summed E-state index contributed by atoms with van der Waals surface area (Å²) in [5.41, 5.74) is -2.70. The number of benzene rings is 2. The van der Waals surface area contributed by atoms with Crippen LogP contribution in [0.3, 0.4) is 0 Å². The summed E-state index contributed by atoms with van der Waals surface area (Å²) in [6, 6.07) is 6.06. The number of alkyl halides is 6. The van der Waals surface area contributed by atoms with E-state index in [2.05, 4.69) is 26.7 Å². The van der Waals surface area contributed by atoms with Gasteiger partial charge in [0.1, 0.15) is 6.61 Å².